The first kappa shape index (κ1) is 30.8. The molecule has 8 aromatic rings. The molecule has 0 unspecified atom stereocenters. The molecule has 8 aromatic carbocycles. The van der Waals surface area contributed by atoms with Crippen LogP contribution < -0.4 is 21.3 Å². The van der Waals surface area contributed by atoms with Crippen molar-refractivity contribution in [1.82, 2.24) is 0 Å². The number of hydrogen-bond acceptors (Lipinski definition) is 4. The van der Waals surface area contributed by atoms with E-state index in [9.17, 15) is 0 Å². The third-order valence-corrected chi connectivity index (χ3v) is 10.5. The van der Waals surface area contributed by atoms with E-state index >= 15 is 0 Å². The van der Waals surface area contributed by atoms with E-state index < -0.39 is 5.41 Å². The molecular formula is C49H36N4. The van der Waals surface area contributed by atoms with Crippen LogP contribution in [0.2, 0.25) is 0 Å². The lowest BCUT2D eigenvalue weighted by Gasteiger charge is -2.32. The van der Waals surface area contributed by atoms with Gasteiger partial charge in [0.25, 0.3) is 0 Å². The minimum absolute atomic E-state index is 0.596. The van der Waals surface area contributed by atoms with Gasteiger partial charge in [-0.15, -0.1) is 0 Å². The Kier molecular flexibility index (Phi) is 7.33. The van der Waals surface area contributed by atoms with Gasteiger partial charge in [-0.2, -0.15) is 0 Å². The van der Waals surface area contributed by atoms with Gasteiger partial charge in [-0.3, -0.25) is 0 Å². The molecule has 0 radical (unpaired) electrons. The molecule has 0 aliphatic heterocycles. The zero-order chi connectivity index (χ0) is 35.2. The number of benzene rings is 8. The lowest BCUT2D eigenvalue weighted by Crippen LogP contribution is -2.26. The number of rotatable bonds is 8. The van der Waals surface area contributed by atoms with E-state index in [0.29, 0.717) is 0 Å². The van der Waals surface area contributed by atoms with Crippen molar-refractivity contribution in [2.75, 3.05) is 21.3 Å². The molecule has 0 fully saturated rings. The summed E-state index contributed by atoms with van der Waals surface area (Å²) in [6, 6.07) is 69.2. The monoisotopic (exact) mass is 680 g/mol. The number of nitrogens with one attached hydrogen (secondary N) is 4. The summed E-state index contributed by atoms with van der Waals surface area (Å²) in [5.41, 5.74) is 17.9. The van der Waals surface area contributed by atoms with E-state index in [-0.39, 0.29) is 0 Å². The minimum Gasteiger partial charge on any atom is -0.356 e. The molecule has 10 rings (SSSR count). The summed E-state index contributed by atoms with van der Waals surface area (Å²) in [6.07, 6.45) is 0. The van der Waals surface area contributed by atoms with Gasteiger partial charge in [-0.1, -0.05) is 97.1 Å². The summed E-state index contributed by atoms with van der Waals surface area (Å²) in [5.74, 6) is 0. The Morgan fingerprint density at radius 1 is 0.226 bits per heavy atom. The van der Waals surface area contributed by atoms with E-state index in [4.69, 9.17) is 0 Å². The summed E-state index contributed by atoms with van der Waals surface area (Å²) in [6.45, 7) is 0. The fourth-order valence-corrected chi connectivity index (χ4v) is 8.29. The summed E-state index contributed by atoms with van der Waals surface area (Å²) < 4.78 is 0. The standard InChI is InChI=1S/C49H36N4/c1-5-13-33(14-6-1)50-37-21-25-41-42-26-22-38(51-34-15-7-2-8-16-34)30-46(42)49(45(41)29-37)47-31-39(52-35-17-9-3-10-18-35)23-27-43(47)44-28-24-40(32-48(44)49)53-36-19-11-4-12-20-36/h1-32,50-53H. The fourth-order valence-electron chi connectivity index (χ4n) is 8.29. The molecule has 0 amide bonds. The second kappa shape index (κ2) is 12.6. The van der Waals surface area contributed by atoms with Crippen LogP contribution in [0, 0.1) is 0 Å². The Morgan fingerprint density at radius 3 is 0.679 bits per heavy atom. The molecule has 0 atom stereocenters. The molecule has 0 heterocycles. The second-order valence-corrected chi connectivity index (χ2v) is 13.8. The van der Waals surface area contributed by atoms with Crippen LogP contribution in [0.3, 0.4) is 0 Å². The smallest absolute Gasteiger partial charge is 0.0728 e. The van der Waals surface area contributed by atoms with E-state index in [1.807, 2.05) is 0 Å². The quantitative estimate of drug-likeness (QED) is 0.129. The molecule has 2 aliphatic carbocycles. The van der Waals surface area contributed by atoms with Crippen molar-refractivity contribution < 1.29 is 0 Å². The predicted octanol–water partition coefficient (Wildman–Crippen LogP) is 13.0. The van der Waals surface area contributed by atoms with Crippen LogP contribution in [-0.2, 0) is 5.41 Å². The van der Waals surface area contributed by atoms with Gasteiger partial charge in [0.1, 0.15) is 0 Å². The molecular weight excluding hydrogens is 645 g/mol. The highest BCUT2D eigenvalue weighted by molar-refractivity contribution is 5.98. The predicted molar refractivity (Wildman–Crippen MR) is 222 cm³/mol. The number of anilines is 8. The Labute approximate surface area is 309 Å². The van der Waals surface area contributed by atoms with Crippen molar-refractivity contribution in [3.05, 3.63) is 216 Å². The van der Waals surface area contributed by atoms with Crippen LogP contribution in [0.5, 0.6) is 0 Å². The van der Waals surface area contributed by atoms with Gasteiger partial charge in [0.15, 0.2) is 0 Å². The van der Waals surface area contributed by atoms with Gasteiger partial charge in [-0.25, -0.2) is 0 Å². The molecule has 0 saturated heterocycles. The Balaban J connectivity index is 1.23. The molecule has 4 N–H and O–H groups in total. The van der Waals surface area contributed by atoms with E-state index in [2.05, 4.69) is 215 Å². The van der Waals surface area contributed by atoms with Crippen LogP contribution in [0.4, 0.5) is 45.5 Å². The van der Waals surface area contributed by atoms with Crippen molar-refractivity contribution in [2.24, 2.45) is 0 Å². The van der Waals surface area contributed by atoms with Crippen LogP contribution in [0.1, 0.15) is 22.3 Å². The van der Waals surface area contributed by atoms with Crippen LogP contribution in [0.15, 0.2) is 194 Å². The van der Waals surface area contributed by atoms with Gasteiger partial charge in [0, 0.05) is 45.5 Å². The SMILES string of the molecule is c1ccc(Nc2ccc3c(c2)C2(c4cc(Nc5ccccc5)ccc4-3)c3cc(Nc4ccccc4)ccc3-c3ccc(Nc4ccccc4)cc32)cc1. The van der Waals surface area contributed by atoms with E-state index in [1.165, 1.54) is 44.5 Å². The molecule has 0 saturated carbocycles. The molecule has 0 aromatic heterocycles. The van der Waals surface area contributed by atoms with Crippen molar-refractivity contribution in [1.29, 1.82) is 0 Å². The first-order valence-electron chi connectivity index (χ1n) is 18.1. The lowest BCUT2D eigenvalue weighted by atomic mass is 9.70. The summed E-state index contributed by atoms with van der Waals surface area (Å²) in [5, 5.41) is 14.8. The van der Waals surface area contributed by atoms with Crippen LogP contribution in [-0.4, -0.2) is 0 Å². The maximum absolute atomic E-state index is 3.71. The van der Waals surface area contributed by atoms with Crippen LogP contribution >= 0.6 is 0 Å². The van der Waals surface area contributed by atoms with Gasteiger partial charge in [0.2, 0.25) is 0 Å². The third-order valence-electron chi connectivity index (χ3n) is 10.5. The topological polar surface area (TPSA) is 48.1 Å². The Morgan fingerprint density at radius 2 is 0.453 bits per heavy atom. The zero-order valence-electron chi connectivity index (χ0n) is 29.0. The molecule has 4 heteroatoms. The van der Waals surface area contributed by atoms with E-state index in [0.717, 1.165) is 45.5 Å². The van der Waals surface area contributed by atoms with Crippen LogP contribution in [0.25, 0.3) is 22.3 Å². The maximum atomic E-state index is 3.71. The van der Waals surface area contributed by atoms with Crippen molar-refractivity contribution in [3.63, 3.8) is 0 Å². The molecule has 0 bridgehead atoms. The highest BCUT2D eigenvalue weighted by Crippen LogP contribution is 2.64. The fraction of sp³-hybridized carbons (Fsp3) is 0.0204. The Hall–Kier alpha value is -7.04. The second-order valence-electron chi connectivity index (χ2n) is 13.8. The molecule has 4 nitrogen and oxygen atoms in total. The number of para-hydroxylation sites is 4. The highest BCUT2D eigenvalue weighted by Gasteiger charge is 2.52. The largest absolute Gasteiger partial charge is 0.356 e. The summed E-state index contributed by atoms with van der Waals surface area (Å²) >= 11 is 0. The van der Waals surface area contributed by atoms with Gasteiger partial charge in [-0.05, 0) is 142 Å². The minimum atomic E-state index is -0.596. The third kappa shape index (κ3) is 5.31. The first-order valence-corrected chi connectivity index (χ1v) is 18.1. The van der Waals surface area contributed by atoms with Gasteiger partial charge >= 0.3 is 0 Å². The van der Waals surface area contributed by atoms with Gasteiger partial charge < -0.3 is 21.3 Å². The van der Waals surface area contributed by atoms with Crippen molar-refractivity contribution in [2.45, 2.75) is 5.41 Å². The molecule has 252 valence electrons. The molecule has 1 spiro atoms. The molecule has 2 aliphatic rings. The zero-order valence-corrected chi connectivity index (χ0v) is 29.0. The van der Waals surface area contributed by atoms with Crippen molar-refractivity contribution >= 4 is 45.5 Å². The van der Waals surface area contributed by atoms with E-state index in [1.54, 1.807) is 0 Å². The Bertz CT molecular complexity index is 2230. The van der Waals surface area contributed by atoms with Gasteiger partial charge in [0.05, 0.1) is 5.41 Å². The number of fused-ring (bicyclic) bond motifs is 10. The average molecular weight is 681 g/mol. The first-order chi connectivity index (χ1) is 26.2. The summed E-state index contributed by atoms with van der Waals surface area (Å²) in [7, 11) is 0. The molecule has 53 heavy (non-hydrogen) atoms. The lowest BCUT2D eigenvalue weighted by molar-refractivity contribution is 0.795. The number of hydrogen-bond donors (Lipinski definition) is 4. The summed E-state index contributed by atoms with van der Waals surface area (Å²) in [4.78, 5) is 0. The average Bonchev–Trinajstić information content (AvgIpc) is 3.65. The van der Waals surface area contributed by atoms with Crippen molar-refractivity contribution in [3.8, 4) is 22.3 Å². The highest BCUT2D eigenvalue weighted by atomic mass is 14.9. The maximum Gasteiger partial charge on any atom is 0.0728 e. The normalized spacial score (nSPS) is 12.7.